The smallest absolute Gasteiger partial charge is 0.0595 e. The second kappa shape index (κ2) is 4.40. The van der Waals surface area contributed by atoms with Gasteiger partial charge >= 0.3 is 0 Å². The summed E-state index contributed by atoms with van der Waals surface area (Å²) >= 11 is 12.0. The Morgan fingerprint density at radius 2 is 1.61 bits per heavy atom. The van der Waals surface area contributed by atoms with Crippen molar-refractivity contribution in [1.29, 1.82) is 0 Å². The Hall–Kier alpha value is -0.240. The van der Waals surface area contributed by atoms with E-state index in [1.54, 1.807) is 0 Å². The summed E-state index contributed by atoms with van der Waals surface area (Å²) < 4.78 is 0. The van der Waals surface area contributed by atoms with E-state index in [0.717, 1.165) is 0 Å². The molecular weight excluding hydrogens is 265 g/mol. The van der Waals surface area contributed by atoms with Gasteiger partial charge in [-0.1, -0.05) is 57.0 Å². The van der Waals surface area contributed by atoms with Crippen LogP contribution in [0.1, 0.15) is 46.2 Å². The second-order valence-corrected chi connectivity index (χ2v) is 7.25. The first-order chi connectivity index (χ1) is 8.18. The maximum atomic E-state index is 6.06. The lowest BCUT2D eigenvalue weighted by Gasteiger charge is -2.16. The van der Waals surface area contributed by atoms with Crippen LogP contribution in [-0.2, 0) is 0 Å². The van der Waals surface area contributed by atoms with Crippen molar-refractivity contribution in [3.05, 3.63) is 33.8 Å². The quantitative estimate of drug-likeness (QED) is 0.817. The Morgan fingerprint density at radius 3 is 2.06 bits per heavy atom. The molecule has 0 aliphatic heterocycles. The third-order valence-electron chi connectivity index (χ3n) is 4.88. The van der Waals surface area contributed by atoms with Gasteiger partial charge in [-0.2, -0.15) is 0 Å². The van der Waals surface area contributed by atoms with Gasteiger partial charge in [0.25, 0.3) is 0 Å². The van der Waals surface area contributed by atoms with Crippen LogP contribution in [0, 0.1) is 10.8 Å². The van der Waals surface area contributed by atoms with Crippen LogP contribution in [0.5, 0.6) is 0 Å². The fourth-order valence-electron chi connectivity index (χ4n) is 2.74. The molecule has 0 radical (unpaired) electrons. The molecule has 0 bridgehead atoms. The van der Waals surface area contributed by atoms with Gasteiger partial charge in [-0.05, 0) is 35.4 Å². The van der Waals surface area contributed by atoms with Gasteiger partial charge in [0.15, 0.2) is 0 Å². The van der Waals surface area contributed by atoms with Crippen molar-refractivity contribution in [2.75, 3.05) is 0 Å². The van der Waals surface area contributed by atoms with Crippen molar-refractivity contribution in [3.63, 3.8) is 0 Å². The highest BCUT2D eigenvalue weighted by Gasteiger charge is 2.64. The van der Waals surface area contributed by atoms with Crippen LogP contribution in [-0.4, -0.2) is 6.04 Å². The van der Waals surface area contributed by atoms with Gasteiger partial charge in [-0.15, -0.1) is 0 Å². The number of nitrogens with one attached hydrogen (secondary N) is 1. The molecule has 0 amide bonds. The first-order valence-corrected chi connectivity index (χ1v) is 7.14. The summed E-state index contributed by atoms with van der Waals surface area (Å²) in [7, 11) is 0. The zero-order valence-electron chi connectivity index (χ0n) is 11.6. The van der Waals surface area contributed by atoms with Crippen molar-refractivity contribution in [3.8, 4) is 0 Å². The molecule has 2 rings (SSSR count). The molecule has 1 atom stereocenters. The van der Waals surface area contributed by atoms with Gasteiger partial charge in [0.2, 0.25) is 0 Å². The van der Waals surface area contributed by atoms with Crippen molar-refractivity contribution in [2.24, 2.45) is 10.8 Å². The Morgan fingerprint density at radius 1 is 1.06 bits per heavy atom. The van der Waals surface area contributed by atoms with Gasteiger partial charge in [0.1, 0.15) is 0 Å². The second-order valence-electron chi connectivity index (χ2n) is 6.44. The van der Waals surface area contributed by atoms with Crippen LogP contribution >= 0.6 is 23.2 Å². The number of hydrogen-bond donors (Lipinski definition) is 1. The summed E-state index contributed by atoms with van der Waals surface area (Å²) in [4.78, 5) is 0. The molecule has 1 saturated carbocycles. The van der Waals surface area contributed by atoms with Gasteiger partial charge in [0.05, 0.1) is 10.0 Å². The topological polar surface area (TPSA) is 12.0 Å². The third-order valence-corrected chi connectivity index (χ3v) is 5.62. The van der Waals surface area contributed by atoms with Crippen molar-refractivity contribution >= 4 is 23.2 Å². The normalized spacial score (nSPS) is 22.8. The number of halogens is 2. The molecule has 1 fully saturated rings. The van der Waals surface area contributed by atoms with Crippen LogP contribution in [0.15, 0.2) is 18.2 Å². The predicted octanol–water partition coefficient (Wildman–Crippen LogP) is 5.08. The fourth-order valence-corrected chi connectivity index (χ4v) is 3.05. The molecule has 1 aromatic carbocycles. The minimum absolute atomic E-state index is 0.283. The summed E-state index contributed by atoms with van der Waals surface area (Å²) in [6, 6.07) is 6.67. The molecule has 1 N–H and O–H groups in total. The molecule has 1 nitrogen and oxygen atoms in total. The highest BCUT2D eigenvalue weighted by Crippen LogP contribution is 2.63. The van der Waals surface area contributed by atoms with Gasteiger partial charge in [-0.25, -0.2) is 0 Å². The average Bonchev–Trinajstić information content (AvgIpc) is 2.65. The molecule has 0 heterocycles. The monoisotopic (exact) mass is 285 g/mol. The number of hydrogen-bond acceptors (Lipinski definition) is 1. The van der Waals surface area contributed by atoms with Crippen LogP contribution in [0.2, 0.25) is 10.0 Å². The lowest BCUT2D eigenvalue weighted by atomic mass is 10.0. The molecule has 0 saturated heterocycles. The highest BCUT2D eigenvalue weighted by atomic mass is 35.5. The molecule has 0 aromatic heterocycles. The minimum Gasteiger partial charge on any atom is -0.306 e. The molecule has 0 spiro atoms. The Balaban J connectivity index is 2.10. The standard InChI is InChI=1S/C15H21Cl2N/c1-9(10-6-7-11(16)12(17)8-10)18-13-14(2,3)15(13,4)5/h6-9,13,18H,1-5H3. The van der Waals surface area contributed by atoms with Crippen molar-refractivity contribution < 1.29 is 0 Å². The van der Waals surface area contributed by atoms with E-state index in [0.29, 0.717) is 26.9 Å². The Kier molecular flexibility index (Phi) is 3.46. The van der Waals surface area contributed by atoms with E-state index in [1.807, 2.05) is 18.2 Å². The summed E-state index contributed by atoms with van der Waals surface area (Å²) in [5.41, 5.74) is 1.87. The first-order valence-electron chi connectivity index (χ1n) is 6.39. The predicted molar refractivity (Wildman–Crippen MR) is 79.4 cm³/mol. The fraction of sp³-hybridized carbons (Fsp3) is 0.600. The van der Waals surface area contributed by atoms with Crippen LogP contribution in [0.3, 0.4) is 0 Å². The van der Waals surface area contributed by atoms with E-state index in [4.69, 9.17) is 23.2 Å². The number of rotatable bonds is 3. The Bertz CT molecular complexity index is 452. The zero-order valence-corrected chi connectivity index (χ0v) is 13.2. The molecule has 100 valence electrons. The number of benzene rings is 1. The van der Waals surface area contributed by atoms with E-state index >= 15 is 0 Å². The lowest BCUT2D eigenvalue weighted by molar-refractivity contribution is 0.457. The molecule has 3 heteroatoms. The zero-order chi connectivity index (χ0) is 13.7. The average molecular weight is 286 g/mol. The van der Waals surface area contributed by atoms with E-state index in [2.05, 4.69) is 39.9 Å². The van der Waals surface area contributed by atoms with Gasteiger partial charge < -0.3 is 5.32 Å². The maximum absolute atomic E-state index is 6.06. The van der Waals surface area contributed by atoms with Crippen molar-refractivity contribution in [2.45, 2.75) is 46.7 Å². The van der Waals surface area contributed by atoms with E-state index in [9.17, 15) is 0 Å². The molecule has 18 heavy (non-hydrogen) atoms. The van der Waals surface area contributed by atoms with Crippen LogP contribution < -0.4 is 5.32 Å². The van der Waals surface area contributed by atoms with E-state index < -0.39 is 0 Å². The summed E-state index contributed by atoms with van der Waals surface area (Å²) in [5, 5.41) is 4.93. The van der Waals surface area contributed by atoms with Crippen LogP contribution in [0.4, 0.5) is 0 Å². The molecular formula is C15H21Cl2N. The summed E-state index contributed by atoms with van der Waals surface area (Å²) in [5.74, 6) is 0. The third kappa shape index (κ3) is 2.17. The highest BCUT2D eigenvalue weighted by molar-refractivity contribution is 6.42. The summed E-state index contributed by atoms with van der Waals surface area (Å²) in [6.07, 6.45) is 0. The minimum atomic E-state index is 0.283. The van der Waals surface area contributed by atoms with Crippen molar-refractivity contribution in [1.82, 2.24) is 5.32 Å². The molecule has 1 unspecified atom stereocenters. The maximum Gasteiger partial charge on any atom is 0.0595 e. The van der Waals surface area contributed by atoms with E-state index in [-0.39, 0.29) is 6.04 Å². The largest absolute Gasteiger partial charge is 0.306 e. The first kappa shape index (κ1) is 14.2. The van der Waals surface area contributed by atoms with E-state index in [1.165, 1.54) is 5.56 Å². The molecule has 1 aliphatic rings. The Labute approximate surface area is 120 Å². The SMILES string of the molecule is CC(NC1C(C)(C)C1(C)C)c1ccc(Cl)c(Cl)c1. The molecule has 1 aromatic rings. The summed E-state index contributed by atoms with van der Waals surface area (Å²) in [6.45, 7) is 11.4. The van der Waals surface area contributed by atoms with Gasteiger partial charge in [-0.3, -0.25) is 0 Å². The van der Waals surface area contributed by atoms with Gasteiger partial charge in [0, 0.05) is 12.1 Å². The van der Waals surface area contributed by atoms with Crippen LogP contribution in [0.25, 0.3) is 0 Å². The molecule has 1 aliphatic carbocycles. The lowest BCUT2D eigenvalue weighted by Crippen LogP contribution is -2.25.